The zero-order valence-corrected chi connectivity index (χ0v) is 10.5. The van der Waals surface area contributed by atoms with Crippen molar-refractivity contribution in [3.05, 3.63) is 59.7 Å². The van der Waals surface area contributed by atoms with E-state index < -0.39 is 39.0 Å². The normalized spacial score (nSPS) is 11.4. The van der Waals surface area contributed by atoms with Crippen LogP contribution in [0.25, 0.3) is 0 Å². The summed E-state index contributed by atoms with van der Waals surface area (Å²) in [6.07, 6.45) is 0. The first-order chi connectivity index (χ1) is 9.29. The zero-order valence-electron chi connectivity index (χ0n) is 9.70. The largest absolute Gasteiger partial charge is 0.277 e. The summed E-state index contributed by atoms with van der Waals surface area (Å²) < 4.78 is 77.2. The molecule has 0 aromatic heterocycles. The van der Waals surface area contributed by atoms with Crippen molar-refractivity contribution >= 4 is 15.7 Å². The quantitative estimate of drug-likeness (QED) is 0.700. The minimum Gasteiger partial charge on any atom is -0.277 e. The Kier molecular flexibility index (Phi) is 3.67. The van der Waals surface area contributed by atoms with Crippen molar-refractivity contribution in [1.82, 2.24) is 0 Å². The maximum atomic E-state index is 13.3. The van der Waals surface area contributed by atoms with E-state index in [1.807, 2.05) is 0 Å². The van der Waals surface area contributed by atoms with Crippen LogP contribution in [0.3, 0.4) is 0 Å². The van der Waals surface area contributed by atoms with Crippen LogP contribution >= 0.6 is 0 Å². The molecule has 0 aliphatic carbocycles. The molecule has 2 rings (SSSR count). The van der Waals surface area contributed by atoms with Gasteiger partial charge in [-0.05, 0) is 24.3 Å². The first kappa shape index (κ1) is 14.3. The summed E-state index contributed by atoms with van der Waals surface area (Å²) in [6, 6.07) is 4.31. The fraction of sp³-hybridized carbons (Fsp3) is 0. The van der Waals surface area contributed by atoms with Crippen molar-refractivity contribution in [1.29, 1.82) is 0 Å². The molecule has 0 amide bonds. The summed E-state index contributed by atoms with van der Waals surface area (Å²) >= 11 is 0. The predicted octanol–water partition coefficient (Wildman–Crippen LogP) is 3.04. The van der Waals surface area contributed by atoms with Crippen LogP contribution < -0.4 is 4.72 Å². The van der Waals surface area contributed by atoms with E-state index in [0.717, 1.165) is 24.3 Å². The summed E-state index contributed by atoms with van der Waals surface area (Å²) in [5.74, 6) is -4.76. The van der Waals surface area contributed by atoms with Crippen LogP contribution in [0.2, 0.25) is 0 Å². The molecule has 0 radical (unpaired) electrons. The van der Waals surface area contributed by atoms with Crippen LogP contribution in [0.5, 0.6) is 0 Å². The van der Waals surface area contributed by atoms with Gasteiger partial charge in [0.05, 0.1) is 10.6 Å². The average Bonchev–Trinajstić information content (AvgIpc) is 2.36. The van der Waals surface area contributed by atoms with Gasteiger partial charge in [-0.15, -0.1) is 0 Å². The molecule has 0 heterocycles. The Bertz CT molecular complexity index is 745. The fourth-order valence-electron chi connectivity index (χ4n) is 1.42. The molecule has 3 nitrogen and oxygen atoms in total. The summed E-state index contributed by atoms with van der Waals surface area (Å²) in [5, 5.41) is 0. The molecular weight excluding hydrogens is 298 g/mol. The van der Waals surface area contributed by atoms with Crippen LogP contribution in [-0.4, -0.2) is 8.42 Å². The van der Waals surface area contributed by atoms with Gasteiger partial charge in [-0.2, -0.15) is 0 Å². The lowest BCUT2D eigenvalue weighted by atomic mass is 10.3. The van der Waals surface area contributed by atoms with Crippen LogP contribution in [0.4, 0.5) is 23.2 Å². The van der Waals surface area contributed by atoms with Crippen molar-refractivity contribution in [2.24, 2.45) is 0 Å². The van der Waals surface area contributed by atoms with Gasteiger partial charge in [0, 0.05) is 12.1 Å². The lowest BCUT2D eigenvalue weighted by Gasteiger charge is -2.09. The Morgan fingerprint density at radius 2 is 1.35 bits per heavy atom. The lowest BCUT2D eigenvalue weighted by molar-refractivity contribution is 0.496. The highest BCUT2D eigenvalue weighted by atomic mass is 32.2. The Hall–Kier alpha value is -2.09. The molecule has 0 fully saturated rings. The molecule has 0 bridgehead atoms. The fourth-order valence-corrected chi connectivity index (χ4v) is 2.48. The Morgan fingerprint density at radius 1 is 0.800 bits per heavy atom. The van der Waals surface area contributed by atoms with E-state index in [4.69, 9.17) is 0 Å². The van der Waals surface area contributed by atoms with Gasteiger partial charge in [-0.3, -0.25) is 4.72 Å². The number of hydrogen-bond donors (Lipinski definition) is 1. The molecule has 20 heavy (non-hydrogen) atoms. The number of benzene rings is 2. The first-order valence-electron chi connectivity index (χ1n) is 5.22. The number of sulfonamides is 1. The maximum Gasteiger partial charge on any atom is 0.261 e. The topological polar surface area (TPSA) is 46.2 Å². The zero-order chi connectivity index (χ0) is 14.9. The van der Waals surface area contributed by atoms with E-state index in [-0.39, 0.29) is 11.0 Å². The van der Waals surface area contributed by atoms with Gasteiger partial charge in [-0.1, -0.05) is 0 Å². The molecule has 2 aromatic rings. The number of hydrogen-bond acceptors (Lipinski definition) is 2. The van der Waals surface area contributed by atoms with Crippen LogP contribution in [0.15, 0.2) is 41.3 Å². The minimum atomic E-state index is -4.23. The average molecular weight is 305 g/mol. The third-order valence-corrected chi connectivity index (χ3v) is 3.76. The van der Waals surface area contributed by atoms with Gasteiger partial charge in [0.15, 0.2) is 11.6 Å². The third-order valence-electron chi connectivity index (χ3n) is 2.38. The van der Waals surface area contributed by atoms with Gasteiger partial charge in [-0.25, -0.2) is 26.0 Å². The van der Waals surface area contributed by atoms with E-state index in [1.165, 1.54) is 0 Å². The summed E-state index contributed by atoms with van der Waals surface area (Å²) in [7, 11) is -4.23. The Morgan fingerprint density at radius 3 is 1.95 bits per heavy atom. The molecule has 1 N–H and O–H groups in total. The van der Waals surface area contributed by atoms with Crippen molar-refractivity contribution in [2.45, 2.75) is 4.90 Å². The van der Waals surface area contributed by atoms with E-state index in [0.29, 0.717) is 6.07 Å². The van der Waals surface area contributed by atoms with Gasteiger partial charge in [0.1, 0.15) is 11.6 Å². The molecule has 0 spiro atoms. The molecule has 0 aliphatic rings. The van der Waals surface area contributed by atoms with E-state index in [9.17, 15) is 26.0 Å². The molecule has 0 saturated heterocycles. The molecule has 8 heteroatoms. The molecule has 0 unspecified atom stereocenters. The van der Waals surface area contributed by atoms with Crippen molar-refractivity contribution in [2.75, 3.05) is 4.72 Å². The number of anilines is 1. The number of nitrogens with one attached hydrogen (secondary N) is 1. The third kappa shape index (κ3) is 2.90. The number of rotatable bonds is 3. The smallest absolute Gasteiger partial charge is 0.261 e. The summed E-state index contributed by atoms with van der Waals surface area (Å²) in [4.78, 5) is -0.344. The van der Waals surface area contributed by atoms with Crippen LogP contribution in [0.1, 0.15) is 0 Å². The first-order valence-corrected chi connectivity index (χ1v) is 6.71. The van der Waals surface area contributed by atoms with E-state index >= 15 is 0 Å². The molecule has 0 saturated carbocycles. The van der Waals surface area contributed by atoms with E-state index in [2.05, 4.69) is 0 Å². The highest BCUT2D eigenvalue weighted by Crippen LogP contribution is 2.22. The second-order valence-electron chi connectivity index (χ2n) is 3.81. The lowest BCUT2D eigenvalue weighted by Crippen LogP contribution is -2.14. The highest BCUT2D eigenvalue weighted by Gasteiger charge is 2.18. The second-order valence-corrected chi connectivity index (χ2v) is 5.49. The molecule has 2 aromatic carbocycles. The number of halogens is 4. The highest BCUT2D eigenvalue weighted by molar-refractivity contribution is 7.92. The standard InChI is InChI=1S/C12H7F4NO2S/c13-7-1-3-8(4-2-7)20(18,19)17-12-6-10(15)9(14)5-11(12)16/h1-6,17H. The SMILES string of the molecule is O=S(=O)(Nc1cc(F)c(F)cc1F)c1ccc(F)cc1. The summed E-state index contributed by atoms with van der Waals surface area (Å²) in [5.41, 5.74) is -0.742. The van der Waals surface area contributed by atoms with Crippen molar-refractivity contribution in [3.63, 3.8) is 0 Å². The second kappa shape index (κ2) is 5.12. The van der Waals surface area contributed by atoms with Crippen molar-refractivity contribution < 1.29 is 26.0 Å². The van der Waals surface area contributed by atoms with Crippen LogP contribution in [0, 0.1) is 23.3 Å². The van der Waals surface area contributed by atoms with Gasteiger partial charge < -0.3 is 0 Å². The van der Waals surface area contributed by atoms with Gasteiger partial charge in [0.25, 0.3) is 10.0 Å². The molecule has 106 valence electrons. The Labute approximate surface area is 111 Å². The monoisotopic (exact) mass is 305 g/mol. The van der Waals surface area contributed by atoms with Crippen LogP contribution in [-0.2, 0) is 10.0 Å². The molecule has 0 atom stereocenters. The van der Waals surface area contributed by atoms with Gasteiger partial charge >= 0.3 is 0 Å². The minimum absolute atomic E-state index is 0.220. The molecular formula is C12H7F4NO2S. The Balaban J connectivity index is 2.38. The van der Waals surface area contributed by atoms with E-state index in [1.54, 1.807) is 4.72 Å². The maximum absolute atomic E-state index is 13.3. The van der Waals surface area contributed by atoms with Gasteiger partial charge in [0.2, 0.25) is 0 Å². The molecule has 0 aliphatic heterocycles. The van der Waals surface area contributed by atoms with Crippen molar-refractivity contribution in [3.8, 4) is 0 Å². The summed E-state index contributed by atoms with van der Waals surface area (Å²) in [6.45, 7) is 0. The predicted molar refractivity (Wildman–Crippen MR) is 63.5 cm³/mol.